The minimum Gasteiger partial charge on any atom is -0.395 e. The summed E-state index contributed by atoms with van der Waals surface area (Å²) in [7, 11) is 0. The molecule has 0 aromatic heterocycles. The molecular formula is C10H20N2O2. The van der Waals surface area contributed by atoms with Gasteiger partial charge in [0.05, 0.1) is 13.2 Å². The van der Waals surface area contributed by atoms with Gasteiger partial charge in [-0.2, -0.15) is 0 Å². The van der Waals surface area contributed by atoms with Gasteiger partial charge >= 0.3 is 0 Å². The van der Waals surface area contributed by atoms with Crippen LogP contribution in [0.2, 0.25) is 0 Å². The summed E-state index contributed by atoms with van der Waals surface area (Å²) in [5.74, 6) is 0.734. The van der Waals surface area contributed by atoms with Gasteiger partial charge in [0.25, 0.3) is 0 Å². The summed E-state index contributed by atoms with van der Waals surface area (Å²) in [4.78, 5) is 2.24. The van der Waals surface area contributed by atoms with E-state index in [1.54, 1.807) is 0 Å². The summed E-state index contributed by atoms with van der Waals surface area (Å²) in [6.45, 7) is 2.91. The lowest BCUT2D eigenvalue weighted by Crippen LogP contribution is -2.46. The van der Waals surface area contributed by atoms with Crippen LogP contribution in [0.25, 0.3) is 0 Å². The largest absolute Gasteiger partial charge is 0.395 e. The van der Waals surface area contributed by atoms with Crippen LogP contribution in [-0.2, 0) is 0 Å². The maximum Gasteiger partial charge on any atom is 0.0558 e. The lowest BCUT2D eigenvalue weighted by atomic mass is 10.0. The molecular weight excluding hydrogens is 180 g/mol. The SMILES string of the molecule is OCCN(CCO)C1CC2CC1CN2. The van der Waals surface area contributed by atoms with Gasteiger partial charge in [-0.3, -0.25) is 4.90 Å². The molecule has 2 fully saturated rings. The maximum absolute atomic E-state index is 8.95. The third-order valence-corrected chi connectivity index (χ3v) is 3.57. The molecule has 1 aliphatic carbocycles. The second-order valence-corrected chi connectivity index (χ2v) is 4.39. The molecule has 4 heteroatoms. The van der Waals surface area contributed by atoms with Gasteiger partial charge in [-0.15, -0.1) is 0 Å². The summed E-state index contributed by atoms with van der Waals surface area (Å²) in [6.07, 6.45) is 2.46. The maximum atomic E-state index is 8.95. The topological polar surface area (TPSA) is 55.7 Å². The predicted molar refractivity (Wildman–Crippen MR) is 54.0 cm³/mol. The molecule has 1 saturated carbocycles. The Balaban J connectivity index is 1.90. The Morgan fingerprint density at radius 3 is 2.29 bits per heavy atom. The van der Waals surface area contributed by atoms with Crippen LogP contribution < -0.4 is 5.32 Å². The summed E-state index contributed by atoms with van der Waals surface area (Å²) < 4.78 is 0. The molecule has 3 unspecified atom stereocenters. The van der Waals surface area contributed by atoms with E-state index in [0.29, 0.717) is 25.2 Å². The quantitative estimate of drug-likeness (QED) is 0.534. The number of rotatable bonds is 5. The first-order valence-electron chi connectivity index (χ1n) is 5.54. The molecule has 2 aliphatic rings. The zero-order valence-corrected chi connectivity index (χ0v) is 8.52. The third-order valence-electron chi connectivity index (χ3n) is 3.57. The minimum absolute atomic E-state index is 0.196. The fourth-order valence-corrected chi connectivity index (χ4v) is 2.95. The standard InChI is InChI=1S/C10H20N2O2/c13-3-1-12(2-4-14)10-6-9-5-8(10)7-11-9/h8-11,13-14H,1-7H2. The number of nitrogens with one attached hydrogen (secondary N) is 1. The van der Waals surface area contributed by atoms with Gasteiger partial charge in [-0.05, 0) is 25.3 Å². The molecule has 82 valence electrons. The van der Waals surface area contributed by atoms with Crippen LogP contribution in [0.15, 0.2) is 0 Å². The molecule has 0 amide bonds. The lowest BCUT2D eigenvalue weighted by molar-refractivity contribution is 0.0962. The smallest absolute Gasteiger partial charge is 0.0558 e. The van der Waals surface area contributed by atoms with Gasteiger partial charge in [0.15, 0.2) is 0 Å². The van der Waals surface area contributed by atoms with Crippen molar-refractivity contribution >= 4 is 0 Å². The van der Waals surface area contributed by atoms with E-state index in [0.717, 1.165) is 12.5 Å². The van der Waals surface area contributed by atoms with Gasteiger partial charge in [-0.1, -0.05) is 0 Å². The van der Waals surface area contributed by atoms with E-state index in [1.165, 1.54) is 12.8 Å². The number of hydrogen-bond donors (Lipinski definition) is 3. The Morgan fingerprint density at radius 2 is 1.86 bits per heavy atom. The highest BCUT2D eigenvalue weighted by Crippen LogP contribution is 2.34. The van der Waals surface area contributed by atoms with Gasteiger partial charge in [-0.25, -0.2) is 0 Å². The number of nitrogens with zero attached hydrogens (tertiary/aromatic N) is 1. The highest BCUT2D eigenvalue weighted by Gasteiger charge is 2.41. The molecule has 1 saturated heterocycles. The number of aliphatic hydroxyl groups is 2. The molecule has 3 atom stereocenters. The van der Waals surface area contributed by atoms with Crippen molar-refractivity contribution in [2.24, 2.45) is 5.92 Å². The Labute approximate surface area is 84.9 Å². The van der Waals surface area contributed by atoms with Crippen molar-refractivity contribution < 1.29 is 10.2 Å². The van der Waals surface area contributed by atoms with Crippen LogP contribution in [-0.4, -0.2) is 60.0 Å². The summed E-state index contributed by atoms with van der Waals surface area (Å²) >= 11 is 0. The highest BCUT2D eigenvalue weighted by atomic mass is 16.3. The summed E-state index contributed by atoms with van der Waals surface area (Å²) in [6, 6.07) is 1.27. The number of piperidine rings is 1. The molecule has 2 bridgehead atoms. The van der Waals surface area contributed by atoms with Crippen molar-refractivity contribution in [1.29, 1.82) is 0 Å². The first-order chi connectivity index (χ1) is 6.85. The molecule has 1 heterocycles. The van der Waals surface area contributed by atoms with Gasteiger partial charge in [0, 0.05) is 25.2 Å². The number of aliphatic hydroxyl groups excluding tert-OH is 2. The fourth-order valence-electron chi connectivity index (χ4n) is 2.95. The molecule has 1 aliphatic heterocycles. The second-order valence-electron chi connectivity index (χ2n) is 4.39. The van der Waals surface area contributed by atoms with Crippen LogP contribution in [0.1, 0.15) is 12.8 Å². The van der Waals surface area contributed by atoms with Crippen LogP contribution in [0.3, 0.4) is 0 Å². The van der Waals surface area contributed by atoms with Gasteiger partial charge in [0.1, 0.15) is 0 Å². The molecule has 14 heavy (non-hydrogen) atoms. The van der Waals surface area contributed by atoms with Crippen molar-refractivity contribution in [3.05, 3.63) is 0 Å². The monoisotopic (exact) mass is 200 g/mol. The molecule has 0 spiro atoms. The van der Waals surface area contributed by atoms with Crippen LogP contribution in [0.4, 0.5) is 0 Å². The highest BCUT2D eigenvalue weighted by molar-refractivity contribution is 4.99. The summed E-state index contributed by atoms with van der Waals surface area (Å²) in [5, 5.41) is 21.4. The molecule has 0 aromatic carbocycles. The molecule has 0 radical (unpaired) electrons. The first-order valence-corrected chi connectivity index (χ1v) is 5.54. The van der Waals surface area contributed by atoms with Crippen molar-refractivity contribution in [2.75, 3.05) is 32.8 Å². The molecule has 2 rings (SSSR count). The van der Waals surface area contributed by atoms with E-state index >= 15 is 0 Å². The van der Waals surface area contributed by atoms with E-state index in [4.69, 9.17) is 10.2 Å². The van der Waals surface area contributed by atoms with Crippen molar-refractivity contribution in [3.8, 4) is 0 Å². The van der Waals surface area contributed by atoms with Crippen LogP contribution in [0.5, 0.6) is 0 Å². The van der Waals surface area contributed by atoms with Crippen LogP contribution in [0, 0.1) is 5.92 Å². The molecule has 0 aromatic rings. The van der Waals surface area contributed by atoms with E-state index < -0.39 is 0 Å². The van der Waals surface area contributed by atoms with E-state index in [1.807, 2.05) is 0 Å². The Hall–Kier alpha value is -0.160. The van der Waals surface area contributed by atoms with E-state index in [-0.39, 0.29) is 13.2 Å². The minimum atomic E-state index is 0.196. The lowest BCUT2D eigenvalue weighted by Gasteiger charge is -2.33. The Kier molecular flexibility index (Phi) is 3.38. The fraction of sp³-hybridized carbons (Fsp3) is 1.00. The zero-order chi connectivity index (χ0) is 9.97. The Morgan fingerprint density at radius 1 is 1.14 bits per heavy atom. The van der Waals surface area contributed by atoms with Crippen molar-refractivity contribution in [2.45, 2.75) is 24.9 Å². The second kappa shape index (κ2) is 4.57. The van der Waals surface area contributed by atoms with Crippen LogP contribution >= 0.6 is 0 Å². The number of hydrogen-bond acceptors (Lipinski definition) is 4. The first kappa shape index (κ1) is 10.4. The number of fused-ring (bicyclic) bond motifs is 2. The molecule has 3 N–H and O–H groups in total. The van der Waals surface area contributed by atoms with Crippen molar-refractivity contribution in [1.82, 2.24) is 10.2 Å². The third kappa shape index (κ3) is 1.93. The average Bonchev–Trinajstić information content (AvgIpc) is 2.78. The zero-order valence-electron chi connectivity index (χ0n) is 8.52. The van der Waals surface area contributed by atoms with Gasteiger partial charge < -0.3 is 15.5 Å². The Bertz CT molecular complexity index is 183. The molecule has 4 nitrogen and oxygen atoms in total. The average molecular weight is 200 g/mol. The predicted octanol–water partition coefficient (Wildman–Crippen LogP) is -0.977. The van der Waals surface area contributed by atoms with Gasteiger partial charge in [0.2, 0.25) is 0 Å². The van der Waals surface area contributed by atoms with E-state index in [2.05, 4.69) is 10.2 Å². The van der Waals surface area contributed by atoms with Crippen molar-refractivity contribution in [3.63, 3.8) is 0 Å². The summed E-state index contributed by atoms with van der Waals surface area (Å²) in [5.41, 5.74) is 0. The normalized spacial score (nSPS) is 35.8. The van der Waals surface area contributed by atoms with E-state index in [9.17, 15) is 0 Å².